The van der Waals surface area contributed by atoms with Crippen molar-refractivity contribution in [3.63, 3.8) is 0 Å². The molecule has 0 aliphatic carbocycles. The van der Waals surface area contributed by atoms with Gasteiger partial charge in [0.15, 0.2) is 0 Å². The minimum absolute atomic E-state index is 0.124. The number of ether oxygens (including phenoxy) is 1. The molecule has 0 saturated carbocycles. The summed E-state index contributed by atoms with van der Waals surface area (Å²) in [5.74, 6) is 0. The van der Waals surface area contributed by atoms with Crippen LogP contribution < -0.4 is 5.32 Å². The molecule has 0 bridgehead atoms. The third-order valence-electron chi connectivity index (χ3n) is 2.87. The van der Waals surface area contributed by atoms with Crippen LogP contribution in [0.5, 0.6) is 0 Å². The largest absolute Gasteiger partial charge is 0.380 e. The summed E-state index contributed by atoms with van der Waals surface area (Å²) in [5.41, 5.74) is 0.124. The highest BCUT2D eigenvalue weighted by molar-refractivity contribution is 7.99. The molecule has 0 amide bonds. The lowest BCUT2D eigenvalue weighted by atomic mass is 10.1. The third kappa shape index (κ3) is 5.08. The minimum Gasteiger partial charge on any atom is -0.380 e. The van der Waals surface area contributed by atoms with Gasteiger partial charge in [0.25, 0.3) is 0 Å². The summed E-state index contributed by atoms with van der Waals surface area (Å²) in [6.07, 6.45) is 2.31. The molecule has 1 saturated heterocycles. The molecule has 1 aromatic rings. The topological polar surface area (TPSA) is 64.9 Å². The van der Waals surface area contributed by atoms with E-state index in [2.05, 4.69) is 41.6 Å². The summed E-state index contributed by atoms with van der Waals surface area (Å²) in [7, 11) is 0. The van der Waals surface area contributed by atoms with E-state index >= 15 is 0 Å². The Kier molecular flexibility index (Phi) is 5.18. The Balaban J connectivity index is 1.83. The fraction of sp³-hybridized carbons (Fsp3) is 0.917. The number of nitrogens with zero attached hydrogens (tertiary/aromatic N) is 4. The van der Waals surface area contributed by atoms with Gasteiger partial charge in [-0.1, -0.05) is 11.8 Å². The first-order chi connectivity index (χ1) is 9.04. The standard InChI is InChI=1S/C12H23N5OS/c1-12(2,3)13-6-7-17-11(14-15-16-17)19-10-5-4-8-18-9-10/h10,13H,4-9H2,1-3H3. The van der Waals surface area contributed by atoms with Gasteiger partial charge in [0.05, 0.1) is 13.2 Å². The Labute approximate surface area is 118 Å². The van der Waals surface area contributed by atoms with E-state index in [9.17, 15) is 0 Å². The molecule has 0 spiro atoms. The fourth-order valence-electron chi connectivity index (χ4n) is 1.91. The molecule has 7 heteroatoms. The molecule has 2 rings (SSSR count). The highest BCUT2D eigenvalue weighted by atomic mass is 32.2. The number of aromatic nitrogens is 4. The van der Waals surface area contributed by atoms with E-state index in [4.69, 9.17) is 4.74 Å². The van der Waals surface area contributed by atoms with Crippen LogP contribution in [0.25, 0.3) is 0 Å². The van der Waals surface area contributed by atoms with Crippen molar-refractivity contribution in [1.82, 2.24) is 25.5 Å². The highest BCUT2D eigenvalue weighted by Crippen LogP contribution is 2.26. The maximum atomic E-state index is 5.49. The number of thioether (sulfide) groups is 1. The fourth-order valence-corrected chi connectivity index (χ4v) is 2.99. The molecule has 0 radical (unpaired) electrons. The van der Waals surface area contributed by atoms with Crippen LogP contribution >= 0.6 is 11.8 Å². The Hall–Kier alpha value is -0.660. The summed E-state index contributed by atoms with van der Waals surface area (Å²) >= 11 is 1.73. The molecule has 2 heterocycles. The summed E-state index contributed by atoms with van der Waals surface area (Å²) in [6, 6.07) is 0. The summed E-state index contributed by atoms with van der Waals surface area (Å²) in [5, 5.41) is 16.8. The molecule has 0 aromatic carbocycles. The Bertz CT molecular complexity index is 384. The molecule has 108 valence electrons. The lowest BCUT2D eigenvalue weighted by Gasteiger charge is -2.22. The van der Waals surface area contributed by atoms with Crippen LogP contribution in [0.15, 0.2) is 5.16 Å². The second-order valence-corrected chi connectivity index (χ2v) is 7.09. The van der Waals surface area contributed by atoms with Gasteiger partial charge in [-0.2, -0.15) is 0 Å². The second kappa shape index (κ2) is 6.67. The Morgan fingerprint density at radius 3 is 3.00 bits per heavy atom. The van der Waals surface area contributed by atoms with Gasteiger partial charge >= 0.3 is 0 Å². The van der Waals surface area contributed by atoms with Crippen molar-refractivity contribution in [3.8, 4) is 0 Å². The smallest absolute Gasteiger partial charge is 0.209 e. The van der Waals surface area contributed by atoms with Crippen molar-refractivity contribution >= 4 is 11.8 Å². The van der Waals surface area contributed by atoms with Crippen molar-refractivity contribution in [2.24, 2.45) is 0 Å². The predicted octanol–water partition coefficient (Wildman–Crippen LogP) is 1.33. The van der Waals surface area contributed by atoms with Crippen molar-refractivity contribution in [2.75, 3.05) is 19.8 Å². The van der Waals surface area contributed by atoms with E-state index in [0.717, 1.165) is 37.9 Å². The van der Waals surface area contributed by atoms with Gasteiger partial charge in [-0.3, -0.25) is 0 Å². The first-order valence-corrected chi connectivity index (χ1v) is 7.68. The molecule has 1 aliphatic heterocycles. The van der Waals surface area contributed by atoms with Crippen LogP contribution in [-0.4, -0.2) is 50.8 Å². The maximum absolute atomic E-state index is 5.49. The van der Waals surface area contributed by atoms with Crippen molar-refractivity contribution in [3.05, 3.63) is 0 Å². The molecule has 1 unspecified atom stereocenters. The molecule has 1 N–H and O–H groups in total. The van der Waals surface area contributed by atoms with Crippen LogP contribution in [0.3, 0.4) is 0 Å². The molecule has 19 heavy (non-hydrogen) atoms. The summed E-state index contributed by atoms with van der Waals surface area (Å²) < 4.78 is 7.36. The van der Waals surface area contributed by atoms with Crippen molar-refractivity contribution < 1.29 is 4.74 Å². The summed E-state index contributed by atoms with van der Waals surface area (Å²) in [4.78, 5) is 0. The maximum Gasteiger partial charge on any atom is 0.209 e. The molecular weight excluding hydrogens is 262 g/mol. The van der Waals surface area contributed by atoms with E-state index in [1.165, 1.54) is 6.42 Å². The number of rotatable bonds is 5. The molecule has 1 atom stereocenters. The van der Waals surface area contributed by atoms with E-state index < -0.39 is 0 Å². The molecule has 1 aromatic heterocycles. The average Bonchev–Trinajstić information content (AvgIpc) is 2.76. The zero-order valence-corrected chi connectivity index (χ0v) is 12.7. The minimum atomic E-state index is 0.124. The van der Waals surface area contributed by atoms with Gasteiger partial charge in [-0.15, -0.1) is 5.10 Å². The molecule has 6 nitrogen and oxygen atoms in total. The first-order valence-electron chi connectivity index (χ1n) is 6.80. The quantitative estimate of drug-likeness (QED) is 0.880. The van der Waals surface area contributed by atoms with Crippen LogP contribution in [0.4, 0.5) is 0 Å². The monoisotopic (exact) mass is 285 g/mol. The van der Waals surface area contributed by atoms with Gasteiger partial charge in [0.2, 0.25) is 5.16 Å². The lowest BCUT2D eigenvalue weighted by Crippen LogP contribution is -2.38. The molecule has 1 fully saturated rings. The zero-order chi connectivity index (χ0) is 13.7. The number of hydrogen-bond donors (Lipinski definition) is 1. The van der Waals surface area contributed by atoms with Gasteiger partial charge < -0.3 is 10.1 Å². The van der Waals surface area contributed by atoms with Gasteiger partial charge in [-0.05, 0) is 44.0 Å². The van der Waals surface area contributed by atoms with E-state index in [1.54, 1.807) is 11.8 Å². The molecule has 1 aliphatic rings. The third-order valence-corrected chi connectivity index (χ3v) is 4.08. The Morgan fingerprint density at radius 2 is 2.32 bits per heavy atom. The number of hydrogen-bond acceptors (Lipinski definition) is 6. The Morgan fingerprint density at radius 1 is 1.47 bits per heavy atom. The summed E-state index contributed by atoms with van der Waals surface area (Å²) in [6.45, 7) is 9.81. The molecular formula is C12H23N5OS. The lowest BCUT2D eigenvalue weighted by molar-refractivity contribution is 0.101. The number of tetrazole rings is 1. The van der Waals surface area contributed by atoms with Crippen LogP contribution in [-0.2, 0) is 11.3 Å². The zero-order valence-electron chi connectivity index (χ0n) is 11.9. The van der Waals surface area contributed by atoms with Crippen LogP contribution in [0.1, 0.15) is 33.6 Å². The first kappa shape index (κ1) is 14.7. The SMILES string of the molecule is CC(C)(C)NCCn1nnnc1SC1CCCOC1. The van der Waals surface area contributed by atoms with Crippen LogP contribution in [0.2, 0.25) is 0 Å². The normalized spacial score (nSPS) is 20.7. The van der Waals surface area contributed by atoms with E-state index in [0.29, 0.717) is 5.25 Å². The van der Waals surface area contributed by atoms with Gasteiger partial charge in [-0.25, -0.2) is 4.68 Å². The van der Waals surface area contributed by atoms with Gasteiger partial charge in [0.1, 0.15) is 0 Å². The number of nitrogens with one attached hydrogen (secondary N) is 1. The predicted molar refractivity (Wildman–Crippen MR) is 75.3 cm³/mol. The average molecular weight is 285 g/mol. The highest BCUT2D eigenvalue weighted by Gasteiger charge is 2.19. The second-order valence-electron chi connectivity index (χ2n) is 5.82. The van der Waals surface area contributed by atoms with Crippen LogP contribution in [0, 0.1) is 0 Å². The van der Waals surface area contributed by atoms with Crippen molar-refractivity contribution in [1.29, 1.82) is 0 Å². The van der Waals surface area contributed by atoms with Crippen molar-refractivity contribution in [2.45, 2.75) is 56.1 Å². The van der Waals surface area contributed by atoms with E-state index in [-0.39, 0.29) is 5.54 Å². The van der Waals surface area contributed by atoms with Gasteiger partial charge in [0, 0.05) is 23.9 Å². The van der Waals surface area contributed by atoms with E-state index in [1.807, 2.05) is 4.68 Å².